The van der Waals surface area contributed by atoms with Gasteiger partial charge in [-0.3, -0.25) is 4.79 Å². The van der Waals surface area contributed by atoms with Crippen LogP contribution in [0.3, 0.4) is 0 Å². The van der Waals surface area contributed by atoms with Crippen molar-refractivity contribution in [3.05, 3.63) is 0 Å². The van der Waals surface area contributed by atoms with Crippen LogP contribution >= 0.6 is 0 Å². The van der Waals surface area contributed by atoms with Crippen molar-refractivity contribution in [3.8, 4) is 12.3 Å². The van der Waals surface area contributed by atoms with E-state index in [0.29, 0.717) is 0 Å². The Balaban J connectivity index is 3.64. The first kappa shape index (κ1) is 10.0. The van der Waals surface area contributed by atoms with Gasteiger partial charge in [-0.05, 0) is 0 Å². The quantitative estimate of drug-likeness (QED) is 0.582. The molecule has 62 valence electrons. The Morgan fingerprint density at radius 3 is 2.36 bits per heavy atom. The SMILES string of the molecule is C#CCCC(=O)CC(F)(F)F. The number of alkyl halides is 3. The summed E-state index contributed by atoms with van der Waals surface area (Å²) < 4.78 is 34.4. The largest absolute Gasteiger partial charge is 0.395 e. The van der Waals surface area contributed by atoms with Gasteiger partial charge in [-0.2, -0.15) is 13.2 Å². The molecule has 0 amide bonds. The van der Waals surface area contributed by atoms with Gasteiger partial charge in [0.1, 0.15) is 12.2 Å². The summed E-state index contributed by atoms with van der Waals surface area (Å²) in [6, 6.07) is 0. The van der Waals surface area contributed by atoms with Crippen molar-refractivity contribution in [2.75, 3.05) is 0 Å². The Bertz CT molecular complexity index is 175. The third-order valence-electron chi connectivity index (χ3n) is 0.946. The third kappa shape index (κ3) is 6.91. The summed E-state index contributed by atoms with van der Waals surface area (Å²) in [5, 5.41) is 0. The minimum Gasteiger partial charge on any atom is -0.299 e. The van der Waals surface area contributed by atoms with Crippen molar-refractivity contribution in [2.45, 2.75) is 25.4 Å². The maximum absolute atomic E-state index is 11.5. The van der Waals surface area contributed by atoms with Gasteiger partial charge >= 0.3 is 6.18 Å². The van der Waals surface area contributed by atoms with Crippen molar-refractivity contribution in [1.29, 1.82) is 0 Å². The fourth-order valence-corrected chi connectivity index (χ4v) is 0.524. The van der Waals surface area contributed by atoms with E-state index >= 15 is 0 Å². The molecule has 11 heavy (non-hydrogen) atoms. The summed E-state index contributed by atoms with van der Waals surface area (Å²) in [5.41, 5.74) is 0. The predicted molar refractivity (Wildman–Crippen MR) is 33.7 cm³/mol. The van der Waals surface area contributed by atoms with Crippen LogP contribution in [0.5, 0.6) is 0 Å². The second-order valence-electron chi connectivity index (χ2n) is 2.03. The average Bonchev–Trinajstić information content (AvgIpc) is 1.79. The monoisotopic (exact) mass is 164 g/mol. The van der Waals surface area contributed by atoms with Crippen LogP contribution in [-0.4, -0.2) is 12.0 Å². The van der Waals surface area contributed by atoms with Crippen molar-refractivity contribution in [3.63, 3.8) is 0 Å². The minimum absolute atomic E-state index is 0.0783. The van der Waals surface area contributed by atoms with Crippen molar-refractivity contribution >= 4 is 5.78 Å². The third-order valence-corrected chi connectivity index (χ3v) is 0.946. The number of Topliss-reactive ketones (excluding diaryl/α,β-unsaturated/α-hetero) is 1. The van der Waals surface area contributed by atoms with Crippen LogP contribution in [0.4, 0.5) is 13.2 Å². The summed E-state index contributed by atoms with van der Waals surface area (Å²) in [7, 11) is 0. The number of ketones is 1. The molecule has 0 bridgehead atoms. The van der Waals surface area contributed by atoms with E-state index in [-0.39, 0.29) is 12.8 Å². The second-order valence-corrected chi connectivity index (χ2v) is 2.03. The van der Waals surface area contributed by atoms with Gasteiger partial charge in [0.2, 0.25) is 0 Å². The Morgan fingerprint density at radius 1 is 1.45 bits per heavy atom. The summed E-state index contributed by atoms with van der Waals surface area (Å²) in [6.45, 7) is 0. The lowest BCUT2D eigenvalue weighted by Gasteiger charge is -2.02. The van der Waals surface area contributed by atoms with E-state index in [0.717, 1.165) is 0 Å². The molecule has 0 N–H and O–H groups in total. The number of hydrogen-bond donors (Lipinski definition) is 0. The van der Waals surface area contributed by atoms with E-state index in [2.05, 4.69) is 5.92 Å². The molecule has 0 aliphatic heterocycles. The van der Waals surface area contributed by atoms with Crippen molar-refractivity contribution < 1.29 is 18.0 Å². The average molecular weight is 164 g/mol. The number of halogens is 3. The normalized spacial score (nSPS) is 10.7. The Labute approximate surface area is 62.6 Å². The molecule has 0 saturated carbocycles. The maximum Gasteiger partial charge on any atom is 0.395 e. The molecule has 1 nitrogen and oxygen atoms in total. The van der Waals surface area contributed by atoms with E-state index in [9.17, 15) is 18.0 Å². The van der Waals surface area contributed by atoms with E-state index in [1.807, 2.05) is 0 Å². The lowest BCUT2D eigenvalue weighted by molar-refractivity contribution is -0.152. The number of rotatable bonds is 3. The van der Waals surface area contributed by atoms with Gasteiger partial charge in [-0.15, -0.1) is 12.3 Å². The van der Waals surface area contributed by atoms with E-state index < -0.39 is 18.4 Å². The summed E-state index contributed by atoms with van der Waals surface area (Å²) in [5.74, 6) is 1.24. The van der Waals surface area contributed by atoms with E-state index in [4.69, 9.17) is 6.42 Å². The zero-order valence-corrected chi connectivity index (χ0v) is 5.74. The summed E-state index contributed by atoms with van der Waals surface area (Å²) in [6.07, 6.45) is -1.11. The highest BCUT2D eigenvalue weighted by Gasteiger charge is 2.30. The highest BCUT2D eigenvalue weighted by molar-refractivity contribution is 5.79. The smallest absolute Gasteiger partial charge is 0.299 e. The van der Waals surface area contributed by atoms with Gasteiger partial charge in [0.15, 0.2) is 0 Å². The first-order chi connectivity index (χ1) is 4.95. The van der Waals surface area contributed by atoms with Gasteiger partial charge in [-0.25, -0.2) is 0 Å². The molecule has 0 heterocycles. The lowest BCUT2D eigenvalue weighted by atomic mass is 10.2. The predicted octanol–water partition coefficient (Wildman–Crippen LogP) is 1.92. The highest BCUT2D eigenvalue weighted by atomic mass is 19.4. The van der Waals surface area contributed by atoms with Crippen molar-refractivity contribution in [1.82, 2.24) is 0 Å². The lowest BCUT2D eigenvalue weighted by Crippen LogP contribution is -2.14. The molecule has 0 aliphatic carbocycles. The van der Waals surface area contributed by atoms with Crippen LogP contribution in [0.1, 0.15) is 19.3 Å². The van der Waals surface area contributed by atoms with E-state index in [1.54, 1.807) is 0 Å². The molecule has 0 radical (unpaired) electrons. The van der Waals surface area contributed by atoms with Crippen LogP contribution in [0.25, 0.3) is 0 Å². The molecule has 0 unspecified atom stereocenters. The van der Waals surface area contributed by atoms with Gasteiger partial charge in [0.25, 0.3) is 0 Å². The Morgan fingerprint density at radius 2 is 2.00 bits per heavy atom. The zero-order chi connectivity index (χ0) is 8.91. The van der Waals surface area contributed by atoms with Gasteiger partial charge < -0.3 is 0 Å². The van der Waals surface area contributed by atoms with E-state index in [1.165, 1.54) is 0 Å². The Hall–Kier alpha value is -0.980. The van der Waals surface area contributed by atoms with Crippen LogP contribution in [0, 0.1) is 12.3 Å². The summed E-state index contributed by atoms with van der Waals surface area (Å²) >= 11 is 0. The minimum atomic E-state index is -4.40. The number of carbonyl (C=O) groups excluding carboxylic acids is 1. The fraction of sp³-hybridized carbons (Fsp3) is 0.571. The molecule has 0 rings (SSSR count). The molecular formula is C7H7F3O. The van der Waals surface area contributed by atoms with Gasteiger partial charge in [0, 0.05) is 12.8 Å². The number of hydrogen-bond acceptors (Lipinski definition) is 1. The molecule has 4 heteroatoms. The topological polar surface area (TPSA) is 17.1 Å². The molecule has 0 atom stereocenters. The first-order valence-electron chi connectivity index (χ1n) is 2.97. The van der Waals surface area contributed by atoms with Crippen molar-refractivity contribution in [2.24, 2.45) is 0 Å². The molecule has 0 aliphatic rings. The van der Waals surface area contributed by atoms with Crippen LogP contribution in [-0.2, 0) is 4.79 Å². The number of carbonyl (C=O) groups is 1. The van der Waals surface area contributed by atoms with Crippen LogP contribution < -0.4 is 0 Å². The molecule has 0 spiro atoms. The molecule has 0 aromatic carbocycles. The molecule has 0 saturated heterocycles. The zero-order valence-electron chi connectivity index (χ0n) is 5.74. The summed E-state index contributed by atoms with van der Waals surface area (Å²) in [4.78, 5) is 10.4. The second kappa shape index (κ2) is 4.02. The highest BCUT2D eigenvalue weighted by Crippen LogP contribution is 2.20. The fourth-order valence-electron chi connectivity index (χ4n) is 0.524. The number of terminal acetylenes is 1. The first-order valence-corrected chi connectivity index (χ1v) is 2.97. The molecular weight excluding hydrogens is 157 g/mol. The standard InChI is InChI=1S/C7H7F3O/c1-2-3-4-6(11)5-7(8,9)10/h1H,3-5H2. The molecule has 0 aromatic heterocycles. The molecule has 0 aromatic rings. The van der Waals surface area contributed by atoms with Crippen LogP contribution in [0.15, 0.2) is 0 Å². The van der Waals surface area contributed by atoms with Crippen LogP contribution in [0.2, 0.25) is 0 Å². The maximum atomic E-state index is 11.5. The van der Waals surface area contributed by atoms with Gasteiger partial charge in [-0.1, -0.05) is 0 Å². The van der Waals surface area contributed by atoms with Gasteiger partial charge in [0.05, 0.1) is 0 Å². The Kier molecular flexibility index (Phi) is 3.66. The molecule has 0 fully saturated rings.